The van der Waals surface area contributed by atoms with Gasteiger partial charge in [0.2, 0.25) is 0 Å². The quantitative estimate of drug-likeness (QED) is 0.419. The lowest BCUT2D eigenvalue weighted by molar-refractivity contribution is 0.190. The number of amides is 1. The van der Waals surface area contributed by atoms with E-state index in [1.807, 2.05) is 0 Å². The molecular formula is C6H12N2O3. The Morgan fingerprint density at radius 3 is 3.09 bits per heavy atom. The van der Waals surface area contributed by atoms with Gasteiger partial charge >= 0.3 is 6.09 Å². The summed E-state index contributed by atoms with van der Waals surface area (Å²) in [6, 6.07) is -1.03. The van der Waals surface area contributed by atoms with E-state index < -0.39 is 18.7 Å². The summed E-state index contributed by atoms with van der Waals surface area (Å²) < 4.78 is 14.0. The molecule has 1 saturated heterocycles. The summed E-state index contributed by atoms with van der Waals surface area (Å²) in [5.41, 5.74) is 0. The zero-order valence-corrected chi connectivity index (χ0v) is 5.87. The van der Waals surface area contributed by atoms with E-state index in [1.54, 1.807) is 0 Å². The second-order valence-corrected chi connectivity index (χ2v) is 2.47. The first-order chi connectivity index (χ1) is 5.89. The molecule has 1 fully saturated rings. The molecule has 0 radical (unpaired) electrons. The fourth-order valence-electron chi connectivity index (χ4n) is 1.12. The molecule has 0 aliphatic carbocycles. The van der Waals surface area contributed by atoms with E-state index in [9.17, 15) is 4.79 Å². The van der Waals surface area contributed by atoms with E-state index in [2.05, 4.69) is 10.6 Å². The molecule has 1 heterocycles. The van der Waals surface area contributed by atoms with Crippen LogP contribution in [-0.4, -0.2) is 41.5 Å². The van der Waals surface area contributed by atoms with Gasteiger partial charge in [-0.15, -0.1) is 0 Å². The normalized spacial score (nSPS) is 34.3. The van der Waals surface area contributed by atoms with Crippen LogP contribution in [0.5, 0.6) is 0 Å². The highest BCUT2D eigenvalue weighted by Gasteiger charge is 2.23. The summed E-state index contributed by atoms with van der Waals surface area (Å²) in [7, 11) is 0. The minimum absolute atomic E-state index is 0.260. The van der Waals surface area contributed by atoms with E-state index in [4.69, 9.17) is 13.0 Å². The Hall–Kier alpha value is -0.810. The van der Waals surface area contributed by atoms with Crippen LogP contribution in [0, 0.1) is 0 Å². The lowest BCUT2D eigenvalue weighted by Crippen LogP contribution is -2.34. The molecule has 0 unspecified atom stereocenters. The largest absolute Gasteiger partial charge is 0.465 e. The molecule has 1 aliphatic heterocycles. The van der Waals surface area contributed by atoms with Gasteiger partial charge < -0.3 is 20.8 Å². The smallest absolute Gasteiger partial charge is 0.404 e. The molecule has 0 aromatic carbocycles. The Kier molecular flexibility index (Phi) is 1.87. The monoisotopic (exact) mass is 162 g/mol. The van der Waals surface area contributed by atoms with Gasteiger partial charge in [-0.3, -0.25) is 0 Å². The molecule has 2 atom stereocenters. The molecule has 0 saturated carbocycles. The summed E-state index contributed by atoms with van der Waals surface area (Å²) >= 11 is 0. The van der Waals surface area contributed by atoms with Crippen molar-refractivity contribution >= 4 is 6.09 Å². The Bertz CT molecular complexity index is 207. The SMILES string of the molecule is [2H]C([2H])(O)[C@@H]1C[C@H](NC(=O)O)CN1. The highest BCUT2D eigenvalue weighted by Crippen LogP contribution is 2.04. The lowest BCUT2D eigenvalue weighted by atomic mass is 10.2. The first-order valence-electron chi connectivity index (χ1n) is 4.35. The van der Waals surface area contributed by atoms with Crippen LogP contribution >= 0.6 is 0 Å². The number of carbonyl (C=O) groups is 1. The summed E-state index contributed by atoms with van der Waals surface area (Å²) in [5, 5.41) is 22.3. The third-order valence-corrected chi connectivity index (χ3v) is 1.61. The predicted octanol–water partition coefficient (Wildman–Crippen LogP) is -1.02. The maximum atomic E-state index is 10.2. The fourth-order valence-corrected chi connectivity index (χ4v) is 1.12. The molecule has 1 rings (SSSR count). The molecule has 64 valence electrons. The first-order valence-corrected chi connectivity index (χ1v) is 3.35. The van der Waals surface area contributed by atoms with Crippen molar-refractivity contribution in [2.75, 3.05) is 13.1 Å². The van der Waals surface area contributed by atoms with Crippen LogP contribution in [-0.2, 0) is 0 Å². The molecular weight excluding hydrogens is 148 g/mol. The molecule has 5 nitrogen and oxygen atoms in total. The zero-order valence-electron chi connectivity index (χ0n) is 7.87. The third-order valence-electron chi connectivity index (χ3n) is 1.61. The number of aliphatic hydroxyl groups is 1. The van der Waals surface area contributed by atoms with Crippen molar-refractivity contribution in [1.29, 1.82) is 0 Å². The van der Waals surface area contributed by atoms with Crippen LogP contribution in [0.15, 0.2) is 0 Å². The minimum Gasteiger partial charge on any atom is -0.465 e. The summed E-state index contributed by atoms with van der Waals surface area (Å²) in [5.74, 6) is 0. The van der Waals surface area contributed by atoms with Crippen molar-refractivity contribution in [2.24, 2.45) is 0 Å². The van der Waals surface area contributed by atoms with Crippen molar-refractivity contribution < 1.29 is 17.7 Å². The first kappa shape index (κ1) is 5.79. The molecule has 11 heavy (non-hydrogen) atoms. The van der Waals surface area contributed by atoms with Crippen LogP contribution in [0.2, 0.25) is 0 Å². The van der Waals surface area contributed by atoms with Gasteiger partial charge in [0.05, 0.1) is 9.30 Å². The third kappa shape index (κ3) is 2.36. The van der Waals surface area contributed by atoms with Crippen LogP contribution in [0.3, 0.4) is 0 Å². The Morgan fingerprint density at radius 2 is 2.64 bits per heavy atom. The van der Waals surface area contributed by atoms with Gasteiger partial charge in [0, 0.05) is 18.6 Å². The van der Waals surface area contributed by atoms with Crippen molar-refractivity contribution in [3.05, 3.63) is 0 Å². The zero-order chi connectivity index (χ0) is 10.1. The molecule has 0 aromatic heterocycles. The van der Waals surface area contributed by atoms with Gasteiger partial charge in [-0.05, 0) is 6.42 Å². The molecule has 0 spiro atoms. The summed E-state index contributed by atoms with van der Waals surface area (Å²) in [6.07, 6.45) is -0.874. The van der Waals surface area contributed by atoms with Crippen LogP contribution < -0.4 is 10.6 Å². The number of hydrogen-bond acceptors (Lipinski definition) is 3. The average molecular weight is 162 g/mol. The molecule has 4 N–H and O–H groups in total. The summed E-state index contributed by atoms with van der Waals surface area (Å²) in [4.78, 5) is 10.2. The number of carboxylic acid groups (broad SMARTS) is 1. The van der Waals surface area contributed by atoms with E-state index in [1.165, 1.54) is 0 Å². The topological polar surface area (TPSA) is 81.6 Å². The molecule has 0 bridgehead atoms. The van der Waals surface area contributed by atoms with E-state index in [0.717, 1.165) is 0 Å². The Balaban J connectivity index is 2.41. The van der Waals surface area contributed by atoms with Crippen molar-refractivity contribution in [2.45, 2.75) is 18.5 Å². The van der Waals surface area contributed by atoms with Gasteiger partial charge in [-0.2, -0.15) is 0 Å². The highest BCUT2D eigenvalue weighted by molar-refractivity contribution is 5.64. The van der Waals surface area contributed by atoms with Crippen LogP contribution in [0.25, 0.3) is 0 Å². The van der Waals surface area contributed by atoms with Crippen LogP contribution in [0.1, 0.15) is 9.16 Å². The van der Waals surface area contributed by atoms with Crippen molar-refractivity contribution in [1.82, 2.24) is 10.6 Å². The maximum absolute atomic E-state index is 10.2. The second kappa shape index (κ2) is 3.54. The minimum atomic E-state index is -2.30. The second-order valence-electron chi connectivity index (χ2n) is 2.47. The summed E-state index contributed by atoms with van der Waals surface area (Å²) in [6.45, 7) is -1.95. The molecule has 1 amide bonds. The van der Waals surface area contributed by atoms with E-state index in [0.29, 0.717) is 6.54 Å². The predicted molar refractivity (Wildman–Crippen MR) is 38.4 cm³/mol. The highest BCUT2D eigenvalue weighted by atomic mass is 16.4. The number of hydrogen-bond donors (Lipinski definition) is 4. The number of rotatable bonds is 2. The standard InChI is InChI=1S/C6H12N2O3/c9-3-5-1-4(2-7-5)8-6(10)11/h4-5,7-9H,1-3H2,(H,10,11)/t4-,5-/m0/s1/i3D2. The van der Waals surface area contributed by atoms with Gasteiger partial charge in [-0.25, -0.2) is 4.79 Å². The lowest BCUT2D eigenvalue weighted by Gasteiger charge is -2.07. The van der Waals surface area contributed by atoms with Gasteiger partial charge in [-0.1, -0.05) is 0 Å². The molecule has 5 heteroatoms. The Labute approximate surface area is 67.2 Å². The van der Waals surface area contributed by atoms with Gasteiger partial charge in [0.1, 0.15) is 0 Å². The number of nitrogens with one attached hydrogen (secondary N) is 2. The molecule has 1 aliphatic rings. The van der Waals surface area contributed by atoms with Crippen LogP contribution in [0.4, 0.5) is 4.79 Å². The van der Waals surface area contributed by atoms with Crippen molar-refractivity contribution in [3.8, 4) is 0 Å². The van der Waals surface area contributed by atoms with E-state index in [-0.39, 0.29) is 12.5 Å². The average Bonchev–Trinajstić information content (AvgIpc) is 2.32. The van der Waals surface area contributed by atoms with Gasteiger partial charge in [0.25, 0.3) is 0 Å². The van der Waals surface area contributed by atoms with Gasteiger partial charge in [0.15, 0.2) is 0 Å². The van der Waals surface area contributed by atoms with Crippen molar-refractivity contribution in [3.63, 3.8) is 0 Å². The fraction of sp³-hybridized carbons (Fsp3) is 0.833. The molecule has 0 aromatic rings. The van der Waals surface area contributed by atoms with E-state index >= 15 is 0 Å². The Morgan fingerprint density at radius 1 is 1.91 bits per heavy atom. The maximum Gasteiger partial charge on any atom is 0.404 e.